The van der Waals surface area contributed by atoms with Gasteiger partial charge in [0.15, 0.2) is 0 Å². The van der Waals surface area contributed by atoms with Gasteiger partial charge >= 0.3 is 0 Å². The second-order valence-corrected chi connectivity index (χ2v) is 4.94. The van der Waals surface area contributed by atoms with Gasteiger partial charge in [-0.05, 0) is 33.1 Å². The van der Waals surface area contributed by atoms with Crippen LogP contribution in [-0.2, 0) is 4.74 Å². The molecule has 0 aromatic carbocycles. The first kappa shape index (κ1) is 13.9. The van der Waals surface area contributed by atoms with Crippen LogP contribution < -0.4 is 5.73 Å². The van der Waals surface area contributed by atoms with Crippen molar-refractivity contribution >= 4 is 0 Å². The first-order valence-corrected chi connectivity index (χ1v) is 6.34. The highest BCUT2D eigenvalue weighted by Gasteiger charge is 2.27. The van der Waals surface area contributed by atoms with E-state index in [-0.39, 0.29) is 6.10 Å². The third-order valence-electron chi connectivity index (χ3n) is 3.37. The number of hydrogen-bond donors (Lipinski definition) is 2. The fraction of sp³-hybridized carbons (Fsp3) is 1.00. The number of ether oxygens (including phenoxy) is 1. The largest absolute Gasteiger partial charge is 0.390 e. The summed E-state index contributed by atoms with van der Waals surface area (Å²) in [5.41, 5.74) is 5.18. The summed E-state index contributed by atoms with van der Waals surface area (Å²) in [4.78, 5) is 2.39. The number of nitrogens with two attached hydrogens (primary N) is 1. The molecule has 0 amide bonds. The Morgan fingerprint density at radius 2 is 2.06 bits per heavy atom. The van der Waals surface area contributed by atoms with Gasteiger partial charge in [-0.15, -0.1) is 0 Å². The van der Waals surface area contributed by atoms with Crippen LogP contribution in [-0.4, -0.2) is 54.5 Å². The monoisotopic (exact) mass is 230 g/mol. The maximum Gasteiger partial charge on any atom is 0.0709 e. The number of aliphatic hydroxyl groups is 1. The van der Waals surface area contributed by atoms with Gasteiger partial charge in [-0.1, -0.05) is 0 Å². The van der Waals surface area contributed by atoms with Crippen LogP contribution in [0.1, 0.15) is 33.1 Å². The van der Waals surface area contributed by atoms with E-state index in [4.69, 9.17) is 10.5 Å². The van der Waals surface area contributed by atoms with E-state index in [1.54, 1.807) is 0 Å². The van der Waals surface area contributed by atoms with Crippen LogP contribution >= 0.6 is 0 Å². The molecule has 16 heavy (non-hydrogen) atoms. The lowest BCUT2D eigenvalue weighted by Gasteiger charge is -2.36. The van der Waals surface area contributed by atoms with Crippen LogP contribution in [0, 0.1) is 0 Å². The Morgan fingerprint density at radius 1 is 1.44 bits per heavy atom. The van der Waals surface area contributed by atoms with Crippen molar-refractivity contribution in [1.82, 2.24) is 4.90 Å². The molecular weight excluding hydrogens is 204 g/mol. The van der Waals surface area contributed by atoms with E-state index in [0.29, 0.717) is 6.54 Å². The molecule has 0 aromatic heterocycles. The Kier molecular flexibility index (Phi) is 5.69. The molecular formula is C12H26N2O2. The molecule has 1 atom stereocenters. The zero-order chi connectivity index (χ0) is 12.0. The molecule has 1 saturated heterocycles. The van der Waals surface area contributed by atoms with Gasteiger partial charge in [-0.3, -0.25) is 0 Å². The highest BCUT2D eigenvalue weighted by Crippen LogP contribution is 2.21. The zero-order valence-electron chi connectivity index (χ0n) is 10.6. The van der Waals surface area contributed by atoms with E-state index in [1.807, 2.05) is 13.8 Å². The van der Waals surface area contributed by atoms with Gasteiger partial charge in [0, 0.05) is 32.8 Å². The molecule has 1 fully saturated rings. The molecule has 0 saturated carbocycles. The molecule has 1 rings (SSSR count). The van der Waals surface area contributed by atoms with E-state index in [9.17, 15) is 5.11 Å². The van der Waals surface area contributed by atoms with Crippen molar-refractivity contribution in [1.29, 1.82) is 0 Å². The van der Waals surface area contributed by atoms with E-state index in [2.05, 4.69) is 4.90 Å². The number of nitrogens with zero attached hydrogens (tertiary/aromatic N) is 1. The predicted molar refractivity (Wildman–Crippen MR) is 65.4 cm³/mol. The highest BCUT2D eigenvalue weighted by atomic mass is 16.5. The van der Waals surface area contributed by atoms with Crippen LogP contribution in [0.3, 0.4) is 0 Å². The van der Waals surface area contributed by atoms with Crippen molar-refractivity contribution < 1.29 is 9.84 Å². The number of likely N-dealkylation sites (tertiary alicyclic amines) is 1. The molecule has 0 aromatic rings. The number of hydrogen-bond acceptors (Lipinski definition) is 4. The summed E-state index contributed by atoms with van der Waals surface area (Å²) in [6.45, 7) is 8.24. The summed E-state index contributed by atoms with van der Waals surface area (Å²) in [6, 6.07) is 0. The van der Waals surface area contributed by atoms with Crippen LogP contribution in [0.4, 0.5) is 0 Å². The van der Waals surface area contributed by atoms with E-state index in [1.165, 1.54) is 0 Å². The van der Waals surface area contributed by atoms with Crippen molar-refractivity contribution in [3.8, 4) is 0 Å². The molecule has 3 N–H and O–H groups in total. The Morgan fingerprint density at radius 3 is 2.56 bits per heavy atom. The van der Waals surface area contributed by atoms with Crippen molar-refractivity contribution in [2.24, 2.45) is 5.73 Å². The van der Waals surface area contributed by atoms with Gasteiger partial charge in [0.1, 0.15) is 0 Å². The quantitative estimate of drug-likeness (QED) is 0.701. The molecule has 1 heterocycles. The van der Waals surface area contributed by atoms with Gasteiger partial charge in [-0.2, -0.15) is 0 Å². The second kappa shape index (κ2) is 6.55. The summed E-state index contributed by atoms with van der Waals surface area (Å²) in [5, 5.41) is 9.83. The molecule has 0 aliphatic carbocycles. The van der Waals surface area contributed by atoms with Crippen LogP contribution in [0.2, 0.25) is 0 Å². The highest BCUT2D eigenvalue weighted by molar-refractivity contribution is 4.81. The smallest absolute Gasteiger partial charge is 0.0709 e. The zero-order valence-corrected chi connectivity index (χ0v) is 10.6. The maximum absolute atomic E-state index is 9.83. The van der Waals surface area contributed by atoms with Crippen molar-refractivity contribution in [3.63, 3.8) is 0 Å². The summed E-state index contributed by atoms with van der Waals surface area (Å²) in [6.07, 6.45) is 2.92. The third kappa shape index (κ3) is 4.78. The Bertz CT molecular complexity index is 187. The molecule has 4 heteroatoms. The third-order valence-corrected chi connectivity index (χ3v) is 3.37. The lowest BCUT2D eigenvalue weighted by molar-refractivity contribution is -0.0111. The number of piperidine rings is 1. The second-order valence-electron chi connectivity index (χ2n) is 4.94. The average Bonchev–Trinajstić information content (AvgIpc) is 2.26. The molecule has 1 aliphatic heterocycles. The normalized spacial score (nSPS) is 23.2. The number of rotatable bonds is 6. The first-order valence-electron chi connectivity index (χ1n) is 6.34. The van der Waals surface area contributed by atoms with Crippen molar-refractivity contribution in [3.05, 3.63) is 0 Å². The van der Waals surface area contributed by atoms with Crippen LogP contribution in [0.25, 0.3) is 0 Å². The SMILES string of the molecule is CCOC(CN)CCN1CCC(C)(O)CC1. The van der Waals surface area contributed by atoms with Crippen LogP contribution in [0.5, 0.6) is 0 Å². The van der Waals surface area contributed by atoms with Gasteiger partial charge in [0.25, 0.3) is 0 Å². The summed E-state index contributed by atoms with van der Waals surface area (Å²) >= 11 is 0. The van der Waals surface area contributed by atoms with E-state index < -0.39 is 5.60 Å². The standard InChI is InChI=1S/C12H26N2O2/c1-3-16-11(10-13)4-7-14-8-5-12(2,15)6-9-14/h11,15H,3-10,13H2,1-2H3. The fourth-order valence-electron chi connectivity index (χ4n) is 2.09. The summed E-state index contributed by atoms with van der Waals surface area (Å²) in [7, 11) is 0. The summed E-state index contributed by atoms with van der Waals surface area (Å²) < 4.78 is 5.52. The first-order chi connectivity index (χ1) is 7.57. The van der Waals surface area contributed by atoms with Crippen molar-refractivity contribution in [2.45, 2.75) is 44.8 Å². The Hall–Kier alpha value is -0.160. The lowest BCUT2D eigenvalue weighted by atomic mass is 9.94. The topological polar surface area (TPSA) is 58.7 Å². The Balaban J connectivity index is 2.18. The van der Waals surface area contributed by atoms with Gasteiger partial charge in [0.2, 0.25) is 0 Å². The molecule has 1 unspecified atom stereocenters. The molecule has 96 valence electrons. The van der Waals surface area contributed by atoms with Gasteiger partial charge in [-0.25, -0.2) is 0 Å². The molecule has 1 aliphatic rings. The van der Waals surface area contributed by atoms with E-state index >= 15 is 0 Å². The molecule has 0 bridgehead atoms. The lowest BCUT2D eigenvalue weighted by Crippen LogP contribution is -2.43. The fourth-order valence-corrected chi connectivity index (χ4v) is 2.09. The molecule has 0 spiro atoms. The minimum absolute atomic E-state index is 0.187. The maximum atomic E-state index is 9.83. The van der Waals surface area contributed by atoms with Crippen molar-refractivity contribution in [2.75, 3.05) is 32.8 Å². The molecule has 4 nitrogen and oxygen atoms in total. The van der Waals surface area contributed by atoms with Gasteiger partial charge < -0.3 is 20.5 Å². The predicted octanol–water partition coefficient (Wildman–Crippen LogP) is 0.587. The molecule has 0 radical (unpaired) electrons. The summed E-state index contributed by atoms with van der Waals surface area (Å²) in [5.74, 6) is 0. The van der Waals surface area contributed by atoms with Gasteiger partial charge in [0.05, 0.1) is 11.7 Å². The van der Waals surface area contributed by atoms with Crippen LogP contribution in [0.15, 0.2) is 0 Å². The Labute approximate surface area is 98.8 Å². The van der Waals surface area contributed by atoms with E-state index in [0.717, 1.165) is 45.5 Å². The minimum atomic E-state index is -0.455. The average molecular weight is 230 g/mol. The minimum Gasteiger partial charge on any atom is -0.390 e.